The number of likely N-dealkylation sites (tertiary alicyclic amines) is 1. The summed E-state index contributed by atoms with van der Waals surface area (Å²) in [4.78, 5) is 26.2. The molecule has 2 fully saturated rings. The van der Waals surface area contributed by atoms with Crippen molar-refractivity contribution in [2.75, 3.05) is 13.1 Å². The van der Waals surface area contributed by atoms with Gasteiger partial charge in [0.05, 0.1) is 5.56 Å². The zero-order valence-corrected chi connectivity index (χ0v) is 14.0. The van der Waals surface area contributed by atoms with Crippen LogP contribution in [0.2, 0.25) is 0 Å². The molecule has 2 N–H and O–H groups in total. The number of hydrogen-bond acceptors (Lipinski definition) is 2. The highest BCUT2D eigenvalue weighted by atomic mass is 16.2. The molecular weight excluding hydrogens is 290 g/mol. The number of nitrogens with zero attached hydrogens (tertiary/aromatic N) is 2. The molecule has 3 rings (SSSR count). The fourth-order valence-electron chi connectivity index (χ4n) is 4.34. The van der Waals surface area contributed by atoms with Crippen molar-refractivity contribution in [2.24, 2.45) is 18.2 Å². The number of aryl methyl sites for hydroxylation is 1. The summed E-state index contributed by atoms with van der Waals surface area (Å²) in [6.07, 6.45) is 11.7. The monoisotopic (exact) mass is 317 g/mol. The van der Waals surface area contributed by atoms with Crippen molar-refractivity contribution in [1.29, 1.82) is 0 Å². The van der Waals surface area contributed by atoms with E-state index in [-0.39, 0.29) is 5.91 Å². The van der Waals surface area contributed by atoms with Crippen molar-refractivity contribution in [3.63, 3.8) is 0 Å². The Kier molecular flexibility index (Phi) is 4.46. The second kappa shape index (κ2) is 6.38. The summed E-state index contributed by atoms with van der Waals surface area (Å²) >= 11 is 0. The molecule has 2 aliphatic rings. The van der Waals surface area contributed by atoms with Gasteiger partial charge in [-0.3, -0.25) is 9.59 Å². The van der Waals surface area contributed by atoms with Gasteiger partial charge in [0, 0.05) is 26.3 Å². The first-order valence-corrected chi connectivity index (χ1v) is 8.76. The summed E-state index contributed by atoms with van der Waals surface area (Å²) in [5.41, 5.74) is 6.61. The number of aromatic nitrogens is 1. The van der Waals surface area contributed by atoms with Gasteiger partial charge in [-0.15, -0.1) is 0 Å². The molecule has 1 saturated carbocycles. The fourth-order valence-corrected chi connectivity index (χ4v) is 4.34. The molecule has 0 aromatic carbocycles. The number of hydrogen-bond donors (Lipinski definition) is 1. The van der Waals surface area contributed by atoms with Crippen LogP contribution in [0.1, 0.15) is 72.2 Å². The van der Waals surface area contributed by atoms with E-state index in [0.29, 0.717) is 16.7 Å². The van der Waals surface area contributed by atoms with E-state index in [9.17, 15) is 9.59 Å². The van der Waals surface area contributed by atoms with E-state index in [1.807, 2.05) is 4.90 Å². The molecule has 1 aromatic heterocycles. The topological polar surface area (TPSA) is 68.3 Å². The van der Waals surface area contributed by atoms with Gasteiger partial charge < -0.3 is 15.2 Å². The first-order valence-electron chi connectivity index (χ1n) is 8.76. The Bertz CT molecular complexity index is 597. The highest BCUT2D eigenvalue weighted by Gasteiger charge is 2.37. The van der Waals surface area contributed by atoms with Gasteiger partial charge in [-0.05, 0) is 37.2 Å². The Morgan fingerprint density at radius 1 is 1.09 bits per heavy atom. The molecule has 0 radical (unpaired) electrons. The first kappa shape index (κ1) is 16.1. The van der Waals surface area contributed by atoms with Crippen LogP contribution in [-0.4, -0.2) is 34.4 Å². The van der Waals surface area contributed by atoms with Crippen molar-refractivity contribution in [1.82, 2.24) is 9.47 Å². The van der Waals surface area contributed by atoms with Crippen LogP contribution in [0.15, 0.2) is 12.3 Å². The van der Waals surface area contributed by atoms with E-state index in [1.165, 1.54) is 44.9 Å². The van der Waals surface area contributed by atoms with Crippen molar-refractivity contribution in [3.05, 3.63) is 23.5 Å². The van der Waals surface area contributed by atoms with Crippen LogP contribution in [0.3, 0.4) is 0 Å². The summed E-state index contributed by atoms with van der Waals surface area (Å²) in [6, 6.07) is 1.62. The zero-order valence-electron chi connectivity index (χ0n) is 14.0. The summed E-state index contributed by atoms with van der Waals surface area (Å²) in [6.45, 7) is 1.68. The first-order chi connectivity index (χ1) is 11.0. The molecule has 5 heteroatoms. The number of piperidine rings is 1. The fraction of sp³-hybridized carbons (Fsp3) is 0.667. The largest absolute Gasteiger partial charge is 0.366 e. The van der Waals surface area contributed by atoms with E-state index in [0.717, 1.165) is 19.5 Å². The third kappa shape index (κ3) is 3.28. The van der Waals surface area contributed by atoms with Crippen molar-refractivity contribution < 1.29 is 9.59 Å². The number of carbonyl (C=O) groups is 2. The lowest BCUT2D eigenvalue weighted by Crippen LogP contribution is -2.46. The molecule has 2 amide bonds. The lowest BCUT2D eigenvalue weighted by molar-refractivity contribution is 0.0456. The van der Waals surface area contributed by atoms with Crippen molar-refractivity contribution in [3.8, 4) is 0 Å². The molecule has 1 saturated heterocycles. The molecule has 1 aliphatic heterocycles. The van der Waals surface area contributed by atoms with Gasteiger partial charge in [0.2, 0.25) is 5.91 Å². The maximum absolute atomic E-state index is 12.9. The maximum Gasteiger partial charge on any atom is 0.270 e. The van der Waals surface area contributed by atoms with Crippen LogP contribution in [0, 0.1) is 5.41 Å². The van der Waals surface area contributed by atoms with Gasteiger partial charge in [0.25, 0.3) is 5.91 Å². The Labute approximate surface area is 137 Å². The van der Waals surface area contributed by atoms with Gasteiger partial charge in [-0.2, -0.15) is 0 Å². The summed E-state index contributed by atoms with van der Waals surface area (Å²) in [7, 11) is 1.80. The zero-order chi connectivity index (χ0) is 16.4. The summed E-state index contributed by atoms with van der Waals surface area (Å²) in [5.74, 6) is -0.457. The lowest BCUT2D eigenvalue weighted by atomic mass is 9.74. The van der Waals surface area contributed by atoms with E-state index in [2.05, 4.69) is 0 Å². The molecule has 0 atom stereocenters. The van der Waals surface area contributed by atoms with E-state index >= 15 is 0 Å². The minimum Gasteiger partial charge on any atom is -0.366 e. The van der Waals surface area contributed by atoms with E-state index in [4.69, 9.17) is 5.73 Å². The SMILES string of the molecule is Cn1cc(C(N)=O)cc1C(=O)N1CCCC2(CCCCCC2)C1. The second-order valence-electron chi connectivity index (χ2n) is 7.33. The predicted octanol–water partition coefficient (Wildman–Crippen LogP) is 2.70. The predicted molar refractivity (Wildman–Crippen MR) is 89.2 cm³/mol. The molecule has 5 nitrogen and oxygen atoms in total. The average molecular weight is 317 g/mol. The number of nitrogens with two attached hydrogens (primary N) is 1. The minimum absolute atomic E-state index is 0.0309. The molecule has 1 spiro atoms. The second-order valence-corrected chi connectivity index (χ2v) is 7.33. The van der Waals surface area contributed by atoms with Gasteiger partial charge >= 0.3 is 0 Å². The maximum atomic E-state index is 12.9. The Hall–Kier alpha value is -1.78. The molecule has 126 valence electrons. The van der Waals surface area contributed by atoms with Crippen molar-refractivity contribution >= 4 is 11.8 Å². The van der Waals surface area contributed by atoms with Gasteiger partial charge in [0.15, 0.2) is 0 Å². The Morgan fingerprint density at radius 3 is 2.35 bits per heavy atom. The van der Waals surface area contributed by atoms with Gasteiger partial charge in [-0.1, -0.05) is 25.7 Å². The molecular formula is C18H27N3O2. The Morgan fingerprint density at radius 2 is 1.74 bits per heavy atom. The quantitative estimate of drug-likeness (QED) is 0.911. The van der Waals surface area contributed by atoms with Crippen LogP contribution in [0.5, 0.6) is 0 Å². The number of primary amides is 1. The van der Waals surface area contributed by atoms with E-state index < -0.39 is 5.91 Å². The third-order valence-corrected chi connectivity index (χ3v) is 5.62. The normalized spacial score (nSPS) is 21.2. The Balaban J connectivity index is 1.78. The molecule has 1 aliphatic carbocycles. The molecule has 2 heterocycles. The smallest absolute Gasteiger partial charge is 0.270 e. The average Bonchev–Trinajstić information content (AvgIpc) is 2.79. The van der Waals surface area contributed by atoms with Gasteiger partial charge in [-0.25, -0.2) is 0 Å². The minimum atomic E-state index is -0.487. The van der Waals surface area contributed by atoms with Gasteiger partial charge in [0.1, 0.15) is 5.69 Å². The molecule has 0 unspecified atom stereocenters. The highest BCUT2D eigenvalue weighted by Crippen LogP contribution is 2.42. The van der Waals surface area contributed by atoms with Crippen LogP contribution in [0.25, 0.3) is 0 Å². The van der Waals surface area contributed by atoms with Crippen molar-refractivity contribution in [2.45, 2.75) is 51.4 Å². The van der Waals surface area contributed by atoms with E-state index in [1.54, 1.807) is 23.9 Å². The summed E-state index contributed by atoms with van der Waals surface area (Å²) in [5, 5.41) is 0. The van der Waals surface area contributed by atoms with Crippen LogP contribution in [-0.2, 0) is 7.05 Å². The number of rotatable bonds is 2. The van der Waals surface area contributed by atoms with Crippen LogP contribution >= 0.6 is 0 Å². The third-order valence-electron chi connectivity index (χ3n) is 5.62. The molecule has 23 heavy (non-hydrogen) atoms. The molecule has 1 aromatic rings. The van der Waals surface area contributed by atoms with Crippen LogP contribution < -0.4 is 5.73 Å². The number of carbonyl (C=O) groups excluding carboxylic acids is 2. The standard InChI is InChI=1S/C18H27N3O2/c1-20-12-14(16(19)22)11-15(20)17(23)21-10-6-9-18(13-21)7-4-2-3-5-8-18/h11-12H,2-10,13H2,1H3,(H2,19,22). The lowest BCUT2D eigenvalue weighted by Gasteiger charge is -2.42. The van der Waals surface area contributed by atoms with Crippen LogP contribution in [0.4, 0.5) is 0 Å². The molecule has 0 bridgehead atoms. The number of amides is 2. The summed E-state index contributed by atoms with van der Waals surface area (Å²) < 4.78 is 1.72. The highest BCUT2D eigenvalue weighted by molar-refractivity contribution is 5.98.